The molecule has 1 unspecified atom stereocenters. The van der Waals surface area contributed by atoms with Crippen molar-refractivity contribution in [2.75, 3.05) is 18.4 Å². The number of anilines is 1. The molecule has 1 fully saturated rings. The molecular weight excluding hydrogens is 446 g/mol. The van der Waals surface area contributed by atoms with Gasteiger partial charge < -0.3 is 14.4 Å². The number of nitrogens with one attached hydrogen (secondary N) is 1. The lowest BCUT2D eigenvalue weighted by atomic mass is 9.98. The summed E-state index contributed by atoms with van der Waals surface area (Å²) in [4.78, 5) is 29.5. The van der Waals surface area contributed by atoms with Crippen LogP contribution in [-0.2, 0) is 21.9 Å². The minimum atomic E-state index is -3.81. The molecule has 33 heavy (non-hydrogen) atoms. The summed E-state index contributed by atoms with van der Waals surface area (Å²) in [6.45, 7) is 3.55. The topological polar surface area (TPSA) is 127 Å². The molecule has 3 heterocycles. The molecule has 2 aromatic heterocycles. The molecule has 0 saturated carbocycles. The fourth-order valence-electron chi connectivity index (χ4n) is 4.01. The van der Waals surface area contributed by atoms with E-state index in [2.05, 4.69) is 15.5 Å². The Bertz CT molecular complexity index is 1270. The summed E-state index contributed by atoms with van der Waals surface area (Å²) in [5.74, 6) is -0.416. The average molecular weight is 472 g/mol. The van der Waals surface area contributed by atoms with Gasteiger partial charge in [-0.25, -0.2) is 13.4 Å². The Hall–Kier alpha value is -3.31. The van der Waals surface area contributed by atoms with E-state index < -0.39 is 15.9 Å². The van der Waals surface area contributed by atoms with Crippen LogP contribution in [-0.4, -0.2) is 52.2 Å². The predicted molar refractivity (Wildman–Crippen MR) is 119 cm³/mol. The number of hydrogen-bond acceptors (Lipinski definition) is 7. The van der Waals surface area contributed by atoms with Crippen molar-refractivity contribution >= 4 is 27.4 Å². The zero-order valence-electron chi connectivity index (χ0n) is 18.6. The van der Waals surface area contributed by atoms with Crippen molar-refractivity contribution in [3.8, 4) is 0 Å². The monoisotopic (exact) mass is 471 g/mol. The van der Waals surface area contributed by atoms with Gasteiger partial charge >= 0.3 is 0 Å². The second-order valence-electron chi connectivity index (χ2n) is 8.11. The Morgan fingerprint density at radius 2 is 1.91 bits per heavy atom. The van der Waals surface area contributed by atoms with Crippen molar-refractivity contribution in [2.24, 2.45) is 13.0 Å². The first-order chi connectivity index (χ1) is 15.7. The number of imidazole rings is 1. The molecule has 3 aromatic rings. The molecule has 0 spiro atoms. The maximum absolute atomic E-state index is 13.1. The van der Waals surface area contributed by atoms with E-state index in [0.29, 0.717) is 42.2 Å². The molecule has 1 atom stereocenters. The number of rotatable bonds is 6. The molecule has 174 valence electrons. The normalized spacial score (nSPS) is 17.1. The van der Waals surface area contributed by atoms with Gasteiger partial charge in [-0.05, 0) is 51.0 Å². The van der Waals surface area contributed by atoms with Crippen LogP contribution in [0.4, 0.5) is 5.69 Å². The SMILES string of the molecule is Cc1noc(C)c1S(=O)(=O)N1CCCC(C(=O)Nc2ccc(C(=O)c3nccn3C)cc2)C1. The number of ketones is 1. The van der Waals surface area contributed by atoms with Gasteiger partial charge in [0.1, 0.15) is 10.6 Å². The smallest absolute Gasteiger partial charge is 0.248 e. The van der Waals surface area contributed by atoms with Crippen LogP contribution in [0.25, 0.3) is 0 Å². The average Bonchev–Trinajstić information content (AvgIpc) is 3.38. The van der Waals surface area contributed by atoms with Crippen molar-refractivity contribution < 1.29 is 22.5 Å². The quantitative estimate of drug-likeness (QED) is 0.546. The fourth-order valence-corrected chi connectivity index (χ4v) is 5.82. The van der Waals surface area contributed by atoms with Crippen LogP contribution in [0.5, 0.6) is 0 Å². The second kappa shape index (κ2) is 8.91. The summed E-state index contributed by atoms with van der Waals surface area (Å²) in [6.07, 6.45) is 4.40. The number of benzene rings is 1. The molecule has 1 aliphatic heterocycles. The molecule has 1 aromatic carbocycles. The number of nitrogens with zero attached hydrogens (tertiary/aromatic N) is 4. The first-order valence-corrected chi connectivity index (χ1v) is 12.0. The number of aryl methyl sites for hydroxylation is 3. The van der Waals surface area contributed by atoms with Crippen LogP contribution in [0.15, 0.2) is 46.1 Å². The van der Waals surface area contributed by atoms with E-state index in [-0.39, 0.29) is 28.9 Å². The van der Waals surface area contributed by atoms with E-state index in [1.165, 1.54) is 4.31 Å². The number of carbonyl (C=O) groups excluding carboxylic acids is 2. The van der Waals surface area contributed by atoms with Crippen LogP contribution in [0.3, 0.4) is 0 Å². The predicted octanol–water partition coefficient (Wildman–Crippen LogP) is 2.30. The summed E-state index contributed by atoms with van der Waals surface area (Å²) < 4.78 is 34.2. The van der Waals surface area contributed by atoms with Crippen molar-refractivity contribution in [1.82, 2.24) is 19.0 Å². The highest BCUT2D eigenvalue weighted by atomic mass is 32.2. The van der Waals surface area contributed by atoms with E-state index in [1.807, 2.05) is 0 Å². The number of carbonyl (C=O) groups is 2. The van der Waals surface area contributed by atoms with Gasteiger partial charge in [0, 0.05) is 43.8 Å². The molecule has 0 radical (unpaired) electrons. The van der Waals surface area contributed by atoms with E-state index in [1.54, 1.807) is 62.1 Å². The van der Waals surface area contributed by atoms with E-state index in [0.717, 1.165) is 0 Å². The zero-order valence-corrected chi connectivity index (χ0v) is 19.4. The number of amides is 1. The Morgan fingerprint density at radius 3 is 2.52 bits per heavy atom. The highest BCUT2D eigenvalue weighted by Gasteiger charge is 2.36. The number of hydrogen-bond donors (Lipinski definition) is 1. The van der Waals surface area contributed by atoms with Crippen molar-refractivity contribution in [2.45, 2.75) is 31.6 Å². The summed E-state index contributed by atoms with van der Waals surface area (Å²) >= 11 is 0. The van der Waals surface area contributed by atoms with E-state index >= 15 is 0 Å². The highest BCUT2D eigenvalue weighted by Crippen LogP contribution is 2.28. The van der Waals surface area contributed by atoms with Crippen molar-refractivity contribution in [3.05, 3.63) is 59.5 Å². The van der Waals surface area contributed by atoms with E-state index in [4.69, 9.17) is 4.52 Å². The molecule has 1 amide bonds. The molecule has 1 saturated heterocycles. The Morgan fingerprint density at radius 1 is 1.18 bits per heavy atom. The summed E-state index contributed by atoms with van der Waals surface area (Å²) in [5, 5.41) is 6.57. The molecule has 11 heteroatoms. The molecule has 10 nitrogen and oxygen atoms in total. The van der Waals surface area contributed by atoms with Crippen LogP contribution in [0.2, 0.25) is 0 Å². The molecule has 1 N–H and O–H groups in total. The maximum Gasteiger partial charge on any atom is 0.248 e. The fraction of sp³-hybridized carbons (Fsp3) is 0.364. The molecule has 0 bridgehead atoms. The summed E-state index contributed by atoms with van der Waals surface area (Å²) in [6, 6.07) is 6.55. The van der Waals surface area contributed by atoms with Gasteiger partial charge in [-0.1, -0.05) is 5.16 Å². The summed E-state index contributed by atoms with van der Waals surface area (Å²) in [5.41, 5.74) is 1.29. The lowest BCUT2D eigenvalue weighted by Gasteiger charge is -2.31. The zero-order chi connectivity index (χ0) is 23.8. The lowest BCUT2D eigenvalue weighted by Crippen LogP contribution is -2.43. The van der Waals surface area contributed by atoms with Crippen molar-refractivity contribution in [1.29, 1.82) is 0 Å². The largest absolute Gasteiger partial charge is 0.360 e. The third kappa shape index (κ3) is 4.46. The highest BCUT2D eigenvalue weighted by molar-refractivity contribution is 7.89. The third-order valence-corrected chi connectivity index (χ3v) is 7.87. The Labute approximate surface area is 191 Å². The van der Waals surface area contributed by atoms with Crippen LogP contribution >= 0.6 is 0 Å². The number of aromatic nitrogens is 3. The Kier molecular flexibility index (Phi) is 6.17. The number of piperidine rings is 1. The molecule has 0 aliphatic carbocycles. The number of sulfonamides is 1. The summed E-state index contributed by atoms with van der Waals surface area (Å²) in [7, 11) is -2.06. The van der Waals surface area contributed by atoms with Gasteiger partial charge in [-0.15, -0.1) is 0 Å². The maximum atomic E-state index is 13.1. The first kappa shape index (κ1) is 22.9. The first-order valence-electron chi connectivity index (χ1n) is 10.5. The van der Waals surface area contributed by atoms with Crippen molar-refractivity contribution in [3.63, 3.8) is 0 Å². The Balaban J connectivity index is 1.43. The van der Waals surface area contributed by atoms with Gasteiger partial charge in [0.25, 0.3) is 0 Å². The van der Waals surface area contributed by atoms with Gasteiger partial charge in [-0.3, -0.25) is 9.59 Å². The van der Waals surface area contributed by atoms with E-state index in [9.17, 15) is 18.0 Å². The van der Waals surface area contributed by atoms with Crippen LogP contribution in [0.1, 0.15) is 40.5 Å². The standard InChI is InChI=1S/C22H25N5O5S/c1-14-20(15(2)32-25-14)33(30,31)27-11-4-5-17(13-27)22(29)24-18-8-6-16(7-9-18)19(28)21-23-10-12-26(21)3/h6-10,12,17H,4-5,11,13H2,1-3H3,(H,24,29). The van der Waals surface area contributed by atoms with Gasteiger partial charge in [-0.2, -0.15) is 4.31 Å². The minimum absolute atomic E-state index is 0.0662. The van der Waals surface area contributed by atoms with Crippen LogP contribution in [0, 0.1) is 19.8 Å². The van der Waals surface area contributed by atoms with Gasteiger partial charge in [0.05, 0.1) is 5.92 Å². The second-order valence-corrected chi connectivity index (χ2v) is 9.99. The minimum Gasteiger partial charge on any atom is -0.360 e. The molecular formula is C22H25N5O5S. The van der Waals surface area contributed by atoms with Gasteiger partial charge in [0.15, 0.2) is 11.6 Å². The van der Waals surface area contributed by atoms with Crippen LogP contribution < -0.4 is 5.32 Å². The lowest BCUT2D eigenvalue weighted by molar-refractivity contribution is -0.120. The third-order valence-electron chi connectivity index (χ3n) is 5.76. The van der Waals surface area contributed by atoms with Gasteiger partial charge in [0.2, 0.25) is 21.7 Å². The molecule has 4 rings (SSSR count). The molecule has 1 aliphatic rings.